The summed E-state index contributed by atoms with van der Waals surface area (Å²) in [6.45, 7) is 3.28. The average Bonchev–Trinajstić information content (AvgIpc) is 2.66. The number of aromatic nitrogens is 1. The number of piperidine rings is 1. The molecule has 5 nitrogen and oxygen atoms in total. The number of nitriles is 1. The Bertz CT molecular complexity index is 902. The molecule has 0 saturated carbocycles. The second-order valence-electron chi connectivity index (χ2n) is 6.95. The summed E-state index contributed by atoms with van der Waals surface area (Å²) in [5.74, 6) is 1.24. The van der Waals surface area contributed by atoms with Crippen LogP contribution in [0.4, 0.5) is 5.82 Å². The fourth-order valence-electron chi connectivity index (χ4n) is 3.86. The number of carbonyl (C=O) groups is 1. The van der Waals surface area contributed by atoms with E-state index in [1.807, 2.05) is 12.1 Å². The van der Waals surface area contributed by atoms with E-state index in [1.165, 1.54) is 10.1 Å². The molecule has 0 radical (unpaired) electrons. The Labute approximate surface area is 153 Å². The highest BCUT2D eigenvalue weighted by atomic mass is 16.1. The number of hydrogen-bond acceptors (Lipinski definition) is 4. The van der Waals surface area contributed by atoms with Crippen LogP contribution in [-0.2, 0) is 13.5 Å². The van der Waals surface area contributed by atoms with Crippen molar-refractivity contribution in [3.05, 3.63) is 62.9 Å². The normalized spacial score (nSPS) is 14.9. The molecule has 0 atom stereocenters. The first kappa shape index (κ1) is 17.9. The van der Waals surface area contributed by atoms with Crippen molar-refractivity contribution in [1.82, 2.24) is 4.57 Å². The highest BCUT2D eigenvalue weighted by Gasteiger charge is 2.25. The van der Waals surface area contributed by atoms with Crippen molar-refractivity contribution in [2.75, 3.05) is 18.0 Å². The van der Waals surface area contributed by atoms with E-state index in [-0.39, 0.29) is 11.1 Å². The van der Waals surface area contributed by atoms with E-state index < -0.39 is 0 Å². The zero-order chi connectivity index (χ0) is 18.7. The summed E-state index contributed by atoms with van der Waals surface area (Å²) < 4.78 is 1.45. The largest absolute Gasteiger partial charge is 0.357 e. The van der Waals surface area contributed by atoms with Crippen molar-refractivity contribution in [1.29, 1.82) is 5.26 Å². The zero-order valence-corrected chi connectivity index (χ0v) is 15.2. The van der Waals surface area contributed by atoms with Crippen LogP contribution < -0.4 is 10.5 Å². The van der Waals surface area contributed by atoms with Crippen LogP contribution in [0, 0.1) is 24.2 Å². The van der Waals surface area contributed by atoms with Gasteiger partial charge in [0.25, 0.3) is 5.56 Å². The highest BCUT2D eigenvalue weighted by molar-refractivity contribution is 5.86. The number of carbonyl (C=O) groups excluding carboxylic acids is 1. The Hall–Kier alpha value is -2.87. The van der Waals surface area contributed by atoms with Crippen LogP contribution in [-0.4, -0.2) is 23.9 Å². The van der Waals surface area contributed by atoms with Gasteiger partial charge >= 0.3 is 0 Å². The summed E-state index contributed by atoms with van der Waals surface area (Å²) in [6, 6.07) is 12.4. The van der Waals surface area contributed by atoms with Gasteiger partial charge in [-0.2, -0.15) is 5.26 Å². The van der Waals surface area contributed by atoms with Gasteiger partial charge in [-0.05, 0) is 43.2 Å². The molecule has 1 saturated heterocycles. The lowest BCUT2D eigenvalue weighted by atomic mass is 9.90. The van der Waals surface area contributed by atoms with Crippen LogP contribution in [0.2, 0.25) is 0 Å². The van der Waals surface area contributed by atoms with E-state index >= 15 is 0 Å². The first-order chi connectivity index (χ1) is 12.6. The first-order valence-corrected chi connectivity index (χ1v) is 8.94. The molecule has 1 aliphatic rings. The van der Waals surface area contributed by atoms with Gasteiger partial charge in [-0.1, -0.05) is 30.3 Å². The molecule has 0 spiro atoms. The van der Waals surface area contributed by atoms with Gasteiger partial charge in [0.1, 0.15) is 17.5 Å². The Balaban J connectivity index is 1.83. The molecule has 0 bridgehead atoms. The van der Waals surface area contributed by atoms with Gasteiger partial charge in [0.05, 0.1) is 5.56 Å². The van der Waals surface area contributed by atoms with Crippen LogP contribution in [0.1, 0.15) is 39.9 Å². The fraction of sp³-hybridized carbons (Fsp3) is 0.381. The maximum Gasteiger partial charge on any atom is 0.270 e. The molecular weight excluding hydrogens is 326 g/mol. The minimum Gasteiger partial charge on any atom is -0.357 e. The highest BCUT2D eigenvalue weighted by Crippen LogP contribution is 2.28. The van der Waals surface area contributed by atoms with Gasteiger partial charge in [0.15, 0.2) is 6.29 Å². The maximum atomic E-state index is 12.5. The predicted octanol–water partition coefficient (Wildman–Crippen LogP) is 2.84. The summed E-state index contributed by atoms with van der Waals surface area (Å²) in [5, 5.41) is 9.23. The molecule has 1 aromatic heterocycles. The minimum atomic E-state index is -0.336. The summed E-state index contributed by atoms with van der Waals surface area (Å²) in [4.78, 5) is 26.2. The molecule has 2 aromatic rings. The lowest BCUT2D eigenvalue weighted by Gasteiger charge is -2.35. The summed E-state index contributed by atoms with van der Waals surface area (Å²) in [5.41, 5.74) is 1.99. The van der Waals surface area contributed by atoms with E-state index in [0.717, 1.165) is 38.6 Å². The SMILES string of the molecule is Cc1c(C=O)c(N2CCC(Cc3ccccc3)CC2)n(C)c(=O)c1C#N. The predicted molar refractivity (Wildman–Crippen MR) is 102 cm³/mol. The van der Waals surface area contributed by atoms with Crippen molar-refractivity contribution in [3.8, 4) is 6.07 Å². The number of benzene rings is 1. The molecule has 2 heterocycles. The van der Waals surface area contributed by atoms with Crippen molar-refractivity contribution >= 4 is 12.1 Å². The van der Waals surface area contributed by atoms with Gasteiger partial charge in [0, 0.05) is 20.1 Å². The van der Waals surface area contributed by atoms with Crippen molar-refractivity contribution < 1.29 is 4.79 Å². The van der Waals surface area contributed by atoms with Crippen LogP contribution in [0.3, 0.4) is 0 Å². The number of aldehydes is 1. The van der Waals surface area contributed by atoms with E-state index in [4.69, 9.17) is 0 Å². The molecule has 26 heavy (non-hydrogen) atoms. The van der Waals surface area contributed by atoms with Gasteiger partial charge in [0.2, 0.25) is 0 Å². The third kappa shape index (κ3) is 3.28. The Morgan fingerprint density at radius 3 is 2.46 bits per heavy atom. The summed E-state index contributed by atoms with van der Waals surface area (Å²) in [7, 11) is 1.64. The molecule has 0 aliphatic carbocycles. The fourth-order valence-corrected chi connectivity index (χ4v) is 3.86. The van der Waals surface area contributed by atoms with Crippen LogP contribution >= 0.6 is 0 Å². The third-order valence-corrected chi connectivity index (χ3v) is 5.37. The molecule has 3 rings (SSSR count). The monoisotopic (exact) mass is 349 g/mol. The standard InChI is InChI=1S/C21H23N3O2/c1-15-18(13-22)21(26)23(2)20(19(15)14-25)24-10-8-17(9-11-24)12-16-6-4-3-5-7-16/h3-7,14,17H,8-12H2,1-2H3. The smallest absolute Gasteiger partial charge is 0.270 e. The molecule has 0 N–H and O–H groups in total. The number of nitrogens with zero attached hydrogens (tertiary/aromatic N) is 3. The topological polar surface area (TPSA) is 66.1 Å². The van der Waals surface area contributed by atoms with Gasteiger partial charge in [-0.15, -0.1) is 0 Å². The Kier molecular flexibility index (Phi) is 5.22. The maximum absolute atomic E-state index is 12.5. The number of rotatable bonds is 4. The van der Waals surface area contributed by atoms with Crippen molar-refractivity contribution in [3.63, 3.8) is 0 Å². The second kappa shape index (κ2) is 7.57. The number of hydrogen-bond donors (Lipinski definition) is 0. The lowest BCUT2D eigenvalue weighted by molar-refractivity contribution is 0.112. The molecule has 0 unspecified atom stereocenters. The zero-order valence-electron chi connectivity index (χ0n) is 15.2. The van der Waals surface area contributed by atoms with E-state index in [2.05, 4.69) is 29.2 Å². The molecule has 134 valence electrons. The molecule has 1 aliphatic heterocycles. The third-order valence-electron chi connectivity index (χ3n) is 5.37. The van der Waals surface area contributed by atoms with E-state index in [0.29, 0.717) is 22.9 Å². The molecule has 0 amide bonds. The Morgan fingerprint density at radius 1 is 1.23 bits per heavy atom. The van der Waals surface area contributed by atoms with Gasteiger partial charge in [-0.25, -0.2) is 0 Å². The van der Waals surface area contributed by atoms with Crippen molar-refractivity contribution in [2.45, 2.75) is 26.2 Å². The minimum absolute atomic E-state index is 0.0531. The molecular formula is C21H23N3O2. The lowest BCUT2D eigenvalue weighted by Crippen LogP contribution is -2.39. The van der Waals surface area contributed by atoms with E-state index in [9.17, 15) is 14.9 Å². The summed E-state index contributed by atoms with van der Waals surface area (Å²) in [6.07, 6.45) is 3.85. The van der Waals surface area contributed by atoms with Gasteiger partial charge < -0.3 is 4.90 Å². The number of anilines is 1. The van der Waals surface area contributed by atoms with Crippen LogP contribution in [0.25, 0.3) is 0 Å². The summed E-state index contributed by atoms with van der Waals surface area (Å²) >= 11 is 0. The average molecular weight is 349 g/mol. The molecule has 5 heteroatoms. The van der Waals surface area contributed by atoms with Gasteiger partial charge in [-0.3, -0.25) is 14.2 Å². The molecule has 1 aromatic carbocycles. The van der Waals surface area contributed by atoms with Crippen molar-refractivity contribution in [2.24, 2.45) is 13.0 Å². The van der Waals surface area contributed by atoms with Crippen LogP contribution in [0.15, 0.2) is 35.1 Å². The first-order valence-electron chi connectivity index (χ1n) is 8.94. The molecule has 1 fully saturated rings. The number of pyridine rings is 1. The van der Waals surface area contributed by atoms with Crippen LogP contribution in [0.5, 0.6) is 0 Å². The quantitative estimate of drug-likeness (QED) is 0.796. The second-order valence-corrected chi connectivity index (χ2v) is 6.95. The van der Waals surface area contributed by atoms with E-state index in [1.54, 1.807) is 14.0 Å². The Morgan fingerprint density at radius 2 is 1.88 bits per heavy atom.